The third-order valence-corrected chi connectivity index (χ3v) is 6.64. The number of nitrogens with one attached hydrogen (secondary N) is 1. The van der Waals surface area contributed by atoms with E-state index in [1.807, 2.05) is 18.2 Å². The minimum Gasteiger partial charge on any atom is -0.461 e. The lowest BCUT2D eigenvalue weighted by Gasteiger charge is -2.18. The number of esters is 1. The summed E-state index contributed by atoms with van der Waals surface area (Å²) < 4.78 is 5.78. The van der Waals surface area contributed by atoms with E-state index in [-0.39, 0.29) is 18.6 Å². The lowest BCUT2D eigenvalue weighted by molar-refractivity contribution is -0.144. The van der Waals surface area contributed by atoms with Crippen molar-refractivity contribution in [3.8, 4) is 0 Å². The van der Waals surface area contributed by atoms with Gasteiger partial charge in [-0.05, 0) is 91.7 Å². The Hall–Kier alpha value is -3.73. The van der Waals surface area contributed by atoms with Crippen LogP contribution in [-0.2, 0) is 41.8 Å². The van der Waals surface area contributed by atoms with E-state index in [1.165, 1.54) is 16.7 Å². The number of allylic oxidation sites excluding steroid dienone is 3. The highest BCUT2D eigenvalue weighted by molar-refractivity contribution is 6.22. The Morgan fingerprint density at radius 1 is 0.811 bits per heavy atom. The van der Waals surface area contributed by atoms with Crippen LogP contribution in [0.25, 0.3) is 0 Å². The first-order chi connectivity index (χ1) is 18.0. The summed E-state index contributed by atoms with van der Waals surface area (Å²) in [6.07, 6.45) is 14.3. The molecule has 3 rings (SSSR count). The van der Waals surface area contributed by atoms with Gasteiger partial charge in [-0.1, -0.05) is 42.5 Å². The van der Waals surface area contributed by atoms with Crippen molar-refractivity contribution in [2.45, 2.75) is 70.8 Å². The zero-order valence-electron chi connectivity index (χ0n) is 21.7. The number of carbonyl (C=O) groups is 3. The predicted octanol–water partition coefficient (Wildman–Crippen LogP) is 6.38. The minimum absolute atomic E-state index is 0.0683. The molecule has 0 unspecified atom stereocenters. The number of carbonyl (C=O) groups excluding carboxylic acids is 3. The molecule has 0 aromatic heterocycles. The molecule has 5 heteroatoms. The maximum absolute atomic E-state index is 12.9. The SMILES string of the molecule is C=CCCCc1cc(CCCC=C)c(COC(=O)Cc2cccc3c2C(=O)NC3=O)c(CCCC=C)c1. The molecule has 0 radical (unpaired) electrons. The second-order valence-corrected chi connectivity index (χ2v) is 9.40. The summed E-state index contributed by atoms with van der Waals surface area (Å²) in [5.41, 5.74) is 5.87. The van der Waals surface area contributed by atoms with Crippen LogP contribution in [0.2, 0.25) is 0 Å². The molecule has 194 valence electrons. The molecular weight excluding hydrogens is 462 g/mol. The number of fused-ring (bicyclic) bond motifs is 1. The van der Waals surface area contributed by atoms with Crippen LogP contribution in [0.3, 0.4) is 0 Å². The van der Waals surface area contributed by atoms with Gasteiger partial charge in [-0.2, -0.15) is 0 Å². The first kappa shape index (κ1) is 27.9. The highest BCUT2D eigenvalue weighted by Gasteiger charge is 2.29. The number of unbranched alkanes of at least 4 members (excludes halogenated alkanes) is 3. The Morgan fingerprint density at radius 3 is 2.00 bits per heavy atom. The molecule has 2 aromatic carbocycles. The first-order valence-corrected chi connectivity index (χ1v) is 13.1. The van der Waals surface area contributed by atoms with Crippen LogP contribution in [-0.4, -0.2) is 17.8 Å². The van der Waals surface area contributed by atoms with Gasteiger partial charge in [-0.3, -0.25) is 19.7 Å². The number of benzene rings is 2. The van der Waals surface area contributed by atoms with Gasteiger partial charge >= 0.3 is 5.97 Å². The van der Waals surface area contributed by atoms with Crippen LogP contribution in [0.4, 0.5) is 0 Å². The number of ether oxygens (including phenoxy) is 1. The van der Waals surface area contributed by atoms with E-state index in [9.17, 15) is 14.4 Å². The normalized spacial score (nSPS) is 12.1. The second-order valence-electron chi connectivity index (χ2n) is 9.40. The molecule has 0 fully saturated rings. The number of hydrogen-bond acceptors (Lipinski definition) is 4. The van der Waals surface area contributed by atoms with Crippen molar-refractivity contribution in [1.82, 2.24) is 5.32 Å². The van der Waals surface area contributed by atoms with Crippen LogP contribution in [0.15, 0.2) is 68.3 Å². The maximum atomic E-state index is 12.9. The molecule has 0 bridgehead atoms. The van der Waals surface area contributed by atoms with Gasteiger partial charge in [-0.15, -0.1) is 19.7 Å². The van der Waals surface area contributed by atoms with Crippen molar-refractivity contribution in [3.63, 3.8) is 0 Å². The van der Waals surface area contributed by atoms with Crippen LogP contribution < -0.4 is 5.32 Å². The fraction of sp³-hybridized carbons (Fsp3) is 0.344. The van der Waals surface area contributed by atoms with Gasteiger partial charge in [0.1, 0.15) is 6.61 Å². The van der Waals surface area contributed by atoms with Crippen LogP contribution >= 0.6 is 0 Å². The quantitative estimate of drug-likeness (QED) is 0.126. The highest BCUT2D eigenvalue weighted by Crippen LogP contribution is 2.25. The van der Waals surface area contributed by atoms with E-state index in [4.69, 9.17) is 4.74 Å². The second kappa shape index (κ2) is 14.1. The summed E-state index contributed by atoms with van der Waals surface area (Å²) in [6.45, 7) is 11.7. The van der Waals surface area contributed by atoms with E-state index < -0.39 is 17.8 Å². The van der Waals surface area contributed by atoms with Crippen molar-refractivity contribution in [3.05, 3.63) is 107 Å². The Balaban J connectivity index is 1.82. The van der Waals surface area contributed by atoms with Gasteiger partial charge in [-0.25, -0.2) is 0 Å². The van der Waals surface area contributed by atoms with Crippen molar-refractivity contribution >= 4 is 17.8 Å². The smallest absolute Gasteiger partial charge is 0.310 e. The summed E-state index contributed by atoms with van der Waals surface area (Å²) in [5, 5.41) is 2.29. The van der Waals surface area contributed by atoms with E-state index >= 15 is 0 Å². The standard InChI is InChI=1S/C32H37NO4/c1-4-7-10-14-23-19-24(15-11-8-5-2)28(25(20-23)16-12-9-6-3)22-37-29(34)21-26-17-13-18-27-30(26)32(36)33-31(27)35/h4-6,13,17-20H,1-3,7-12,14-16,21-22H2,(H,33,35,36). The Morgan fingerprint density at radius 2 is 1.41 bits per heavy atom. The van der Waals surface area contributed by atoms with Crippen LogP contribution in [0.1, 0.15) is 87.1 Å². The van der Waals surface area contributed by atoms with E-state index in [0.29, 0.717) is 11.1 Å². The number of hydrogen-bond donors (Lipinski definition) is 1. The number of aryl methyl sites for hydroxylation is 3. The molecule has 1 aliphatic heterocycles. The van der Waals surface area contributed by atoms with Crippen molar-refractivity contribution in [2.24, 2.45) is 0 Å². The van der Waals surface area contributed by atoms with Crippen LogP contribution in [0.5, 0.6) is 0 Å². The highest BCUT2D eigenvalue weighted by atomic mass is 16.5. The number of amides is 2. The third-order valence-electron chi connectivity index (χ3n) is 6.64. The van der Waals surface area contributed by atoms with Crippen LogP contribution in [0, 0.1) is 0 Å². The molecule has 2 aromatic rings. The zero-order valence-corrected chi connectivity index (χ0v) is 21.7. The summed E-state index contributed by atoms with van der Waals surface area (Å²) in [4.78, 5) is 37.1. The number of rotatable bonds is 16. The molecular formula is C32H37NO4. The van der Waals surface area contributed by atoms with Gasteiger partial charge in [0.05, 0.1) is 17.5 Å². The molecule has 1 aliphatic rings. The van der Waals surface area contributed by atoms with E-state index in [0.717, 1.165) is 63.4 Å². The van der Waals surface area contributed by atoms with Crippen molar-refractivity contribution in [2.75, 3.05) is 0 Å². The predicted molar refractivity (Wildman–Crippen MR) is 148 cm³/mol. The van der Waals surface area contributed by atoms with Gasteiger partial charge < -0.3 is 4.74 Å². The molecule has 1 heterocycles. The Labute approximate surface area is 220 Å². The Bertz CT molecular complexity index is 1140. The first-order valence-electron chi connectivity index (χ1n) is 13.1. The molecule has 5 nitrogen and oxygen atoms in total. The summed E-state index contributed by atoms with van der Waals surface area (Å²) >= 11 is 0. The van der Waals surface area contributed by atoms with Crippen molar-refractivity contribution < 1.29 is 19.1 Å². The molecule has 0 saturated carbocycles. The van der Waals surface area contributed by atoms with Crippen molar-refractivity contribution in [1.29, 1.82) is 0 Å². The van der Waals surface area contributed by atoms with E-state index in [2.05, 4.69) is 37.2 Å². The fourth-order valence-electron chi connectivity index (χ4n) is 4.77. The molecule has 0 atom stereocenters. The molecule has 0 saturated heterocycles. The largest absolute Gasteiger partial charge is 0.461 e. The zero-order chi connectivity index (χ0) is 26.6. The lowest BCUT2D eigenvalue weighted by Crippen LogP contribution is -2.20. The van der Waals surface area contributed by atoms with Gasteiger partial charge in [0, 0.05) is 0 Å². The monoisotopic (exact) mass is 499 g/mol. The average Bonchev–Trinajstić information content (AvgIpc) is 3.18. The molecule has 37 heavy (non-hydrogen) atoms. The summed E-state index contributed by atoms with van der Waals surface area (Å²) in [6, 6.07) is 9.47. The minimum atomic E-state index is -0.468. The number of imide groups is 1. The van der Waals surface area contributed by atoms with Gasteiger partial charge in [0.2, 0.25) is 0 Å². The third kappa shape index (κ3) is 7.63. The fourth-order valence-corrected chi connectivity index (χ4v) is 4.77. The van der Waals surface area contributed by atoms with Gasteiger partial charge in [0.25, 0.3) is 11.8 Å². The van der Waals surface area contributed by atoms with Gasteiger partial charge in [0.15, 0.2) is 0 Å². The average molecular weight is 500 g/mol. The molecule has 1 N–H and O–H groups in total. The lowest BCUT2D eigenvalue weighted by atomic mass is 9.90. The summed E-state index contributed by atoms with van der Waals surface area (Å²) in [7, 11) is 0. The topological polar surface area (TPSA) is 72.5 Å². The Kier molecular flexibility index (Phi) is 10.6. The maximum Gasteiger partial charge on any atom is 0.310 e. The summed E-state index contributed by atoms with van der Waals surface area (Å²) in [5.74, 6) is -1.33. The molecule has 0 aliphatic carbocycles. The molecule has 0 spiro atoms. The molecule has 2 amide bonds. The van der Waals surface area contributed by atoms with E-state index in [1.54, 1.807) is 18.2 Å².